The number of rotatable bonds is 4. The maximum Gasteiger partial charge on any atom is 0.136 e. The molecule has 2 heterocycles. The Morgan fingerprint density at radius 1 is 0.581 bits per heavy atom. The van der Waals surface area contributed by atoms with Crippen LogP contribution in [0.25, 0.3) is 40.3 Å². The second-order valence-electron chi connectivity index (χ2n) is 7.64. The van der Waals surface area contributed by atoms with Gasteiger partial charge in [-0.1, -0.05) is 48.5 Å². The van der Waals surface area contributed by atoms with Crippen molar-refractivity contribution in [2.24, 2.45) is 0 Å². The molecule has 6 aromatic rings. The van der Waals surface area contributed by atoms with Gasteiger partial charge in [0.05, 0.1) is 23.6 Å². The third-order valence-electron chi connectivity index (χ3n) is 5.97. The molecule has 0 aliphatic carbocycles. The molecule has 0 amide bonds. The molecule has 4 heteroatoms. The first-order valence-electron chi connectivity index (χ1n) is 10.2. The van der Waals surface area contributed by atoms with Crippen LogP contribution in [0.2, 0.25) is 0 Å². The van der Waals surface area contributed by atoms with Crippen LogP contribution in [0.15, 0.2) is 72.8 Å². The zero-order valence-electron chi connectivity index (χ0n) is 17.3. The Morgan fingerprint density at radius 3 is 1.48 bits per heavy atom. The molecule has 2 aromatic heterocycles. The van der Waals surface area contributed by atoms with E-state index in [1.165, 1.54) is 51.5 Å². The van der Waals surface area contributed by atoms with E-state index in [1.807, 2.05) is 22.7 Å². The van der Waals surface area contributed by atoms with Gasteiger partial charge in [0.1, 0.15) is 11.5 Å². The van der Waals surface area contributed by atoms with Crippen molar-refractivity contribution in [2.75, 3.05) is 14.2 Å². The molecule has 0 N–H and O–H groups in total. The van der Waals surface area contributed by atoms with Crippen LogP contribution in [0, 0.1) is 0 Å². The lowest BCUT2D eigenvalue weighted by molar-refractivity contribution is 0.420. The van der Waals surface area contributed by atoms with Gasteiger partial charge in [0, 0.05) is 30.9 Å². The van der Waals surface area contributed by atoms with Gasteiger partial charge in [-0.3, -0.25) is 0 Å². The molecule has 0 aliphatic rings. The van der Waals surface area contributed by atoms with Crippen molar-refractivity contribution >= 4 is 63.0 Å². The molecule has 0 radical (unpaired) electrons. The van der Waals surface area contributed by atoms with Gasteiger partial charge in [-0.25, -0.2) is 0 Å². The van der Waals surface area contributed by atoms with Crippen molar-refractivity contribution in [1.82, 2.24) is 0 Å². The van der Waals surface area contributed by atoms with Gasteiger partial charge in [-0.2, -0.15) is 0 Å². The van der Waals surface area contributed by atoms with E-state index in [-0.39, 0.29) is 0 Å². The first kappa shape index (κ1) is 18.7. The molecule has 0 spiro atoms. The molecular weight excluding hydrogens is 420 g/mol. The molecule has 0 bridgehead atoms. The first-order valence-corrected chi connectivity index (χ1v) is 11.9. The van der Waals surface area contributed by atoms with Gasteiger partial charge in [0.15, 0.2) is 0 Å². The number of benzene rings is 4. The van der Waals surface area contributed by atoms with Crippen molar-refractivity contribution in [3.63, 3.8) is 0 Å². The molecule has 0 atom stereocenters. The van der Waals surface area contributed by atoms with E-state index in [9.17, 15) is 0 Å². The van der Waals surface area contributed by atoms with Crippen LogP contribution >= 0.6 is 22.7 Å². The van der Waals surface area contributed by atoms with Crippen LogP contribution in [-0.2, 0) is 6.42 Å². The molecule has 4 aromatic carbocycles. The average molecular weight is 441 g/mol. The molecule has 152 valence electrons. The lowest BCUT2D eigenvalue weighted by Crippen LogP contribution is -1.93. The highest BCUT2D eigenvalue weighted by Gasteiger charge is 2.17. The Kier molecular flexibility index (Phi) is 4.37. The number of thiophene rings is 2. The second kappa shape index (κ2) is 7.26. The van der Waals surface area contributed by atoms with Gasteiger partial charge >= 0.3 is 0 Å². The summed E-state index contributed by atoms with van der Waals surface area (Å²) in [5.74, 6) is 1.89. The van der Waals surface area contributed by atoms with E-state index in [2.05, 4.69) is 72.8 Å². The van der Waals surface area contributed by atoms with E-state index in [1.54, 1.807) is 14.2 Å². The van der Waals surface area contributed by atoms with Gasteiger partial charge in [-0.15, -0.1) is 22.7 Å². The third-order valence-corrected chi connectivity index (χ3v) is 8.34. The fourth-order valence-corrected chi connectivity index (χ4v) is 7.05. The summed E-state index contributed by atoms with van der Waals surface area (Å²) in [5, 5.41) is 5.22. The highest BCUT2D eigenvalue weighted by molar-refractivity contribution is 7.26. The maximum atomic E-state index is 5.70. The van der Waals surface area contributed by atoms with Crippen molar-refractivity contribution in [3.8, 4) is 11.5 Å². The molecule has 0 saturated heterocycles. The zero-order chi connectivity index (χ0) is 20.9. The number of hydrogen-bond donors (Lipinski definition) is 0. The zero-order valence-corrected chi connectivity index (χ0v) is 18.9. The third kappa shape index (κ3) is 2.83. The summed E-state index contributed by atoms with van der Waals surface area (Å²) >= 11 is 3.62. The van der Waals surface area contributed by atoms with E-state index in [0.29, 0.717) is 0 Å². The first-order chi connectivity index (χ1) is 15.3. The van der Waals surface area contributed by atoms with E-state index >= 15 is 0 Å². The summed E-state index contributed by atoms with van der Waals surface area (Å²) in [6.45, 7) is 0. The SMILES string of the molecule is COc1ccc(Cc2ccc(OC)c3sc4ccccc4c23)c2c1sc1ccccc12. The molecule has 6 rings (SSSR count). The fraction of sp³-hybridized carbons (Fsp3) is 0.111. The van der Waals surface area contributed by atoms with Crippen LogP contribution in [0.4, 0.5) is 0 Å². The number of hydrogen-bond acceptors (Lipinski definition) is 4. The lowest BCUT2D eigenvalue weighted by atomic mass is 9.96. The lowest BCUT2D eigenvalue weighted by Gasteiger charge is -2.11. The van der Waals surface area contributed by atoms with Crippen LogP contribution in [0.1, 0.15) is 11.1 Å². The summed E-state index contributed by atoms with van der Waals surface area (Å²) in [4.78, 5) is 0. The Bertz CT molecular complexity index is 1470. The Morgan fingerprint density at radius 2 is 1.03 bits per heavy atom. The monoisotopic (exact) mass is 440 g/mol. The predicted molar refractivity (Wildman–Crippen MR) is 135 cm³/mol. The minimum absolute atomic E-state index is 0.864. The average Bonchev–Trinajstić information content (AvgIpc) is 3.39. The van der Waals surface area contributed by atoms with Gasteiger partial charge in [-0.05, 0) is 41.8 Å². The quantitative estimate of drug-likeness (QED) is 0.276. The van der Waals surface area contributed by atoms with Gasteiger partial charge < -0.3 is 9.47 Å². The summed E-state index contributed by atoms with van der Waals surface area (Å²) in [5.41, 5.74) is 2.66. The summed E-state index contributed by atoms with van der Waals surface area (Å²) < 4.78 is 16.4. The van der Waals surface area contributed by atoms with E-state index < -0.39 is 0 Å². The van der Waals surface area contributed by atoms with Crippen LogP contribution in [-0.4, -0.2) is 14.2 Å². The molecule has 0 unspecified atom stereocenters. The van der Waals surface area contributed by atoms with Crippen LogP contribution < -0.4 is 9.47 Å². The standard InChI is InChI=1S/C27H20O2S2/c1-28-20-13-11-16(24-18-7-3-5-9-22(18)30-26(20)24)15-17-12-14-21(29-2)27-25(17)19-8-4-6-10-23(19)31-27/h3-14H,15H2,1-2H3. The van der Waals surface area contributed by atoms with Crippen molar-refractivity contribution in [3.05, 3.63) is 83.9 Å². The van der Waals surface area contributed by atoms with Crippen molar-refractivity contribution < 1.29 is 9.47 Å². The highest BCUT2D eigenvalue weighted by Crippen LogP contribution is 2.44. The van der Waals surface area contributed by atoms with Crippen molar-refractivity contribution in [1.29, 1.82) is 0 Å². The van der Waals surface area contributed by atoms with E-state index in [4.69, 9.17) is 9.47 Å². The van der Waals surface area contributed by atoms with Crippen LogP contribution in [0.3, 0.4) is 0 Å². The molecule has 0 saturated carbocycles. The Labute approximate surface area is 188 Å². The molecule has 0 aliphatic heterocycles. The summed E-state index contributed by atoms with van der Waals surface area (Å²) in [6, 6.07) is 26.0. The fourth-order valence-electron chi connectivity index (χ4n) is 4.57. The summed E-state index contributed by atoms with van der Waals surface area (Å²) in [7, 11) is 3.51. The second-order valence-corrected chi connectivity index (χ2v) is 9.74. The van der Waals surface area contributed by atoms with Gasteiger partial charge in [0.25, 0.3) is 0 Å². The largest absolute Gasteiger partial charge is 0.495 e. The normalized spacial score (nSPS) is 11.7. The Balaban J connectivity index is 1.63. The topological polar surface area (TPSA) is 18.5 Å². The predicted octanol–water partition coefficient (Wildman–Crippen LogP) is 8.03. The van der Waals surface area contributed by atoms with Crippen LogP contribution in [0.5, 0.6) is 11.5 Å². The maximum absolute atomic E-state index is 5.70. The highest BCUT2D eigenvalue weighted by atomic mass is 32.1. The minimum Gasteiger partial charge on any atom is -0.495 e. The molecule has 2 nitrogen and oxygen atoms in total. The minimum atomic E-state index is 0.864. The van der Waals surface area contributed by atoms with Crippen molar-refractivity contribution in [2.45, 2.75) is 6.42 Å². The smallest absolute Gasteiger partial charge is 0.136 e. The summed E-state index contributed by atoms with van der Waals surface area (Å²) in [6.07, 6.45) is 0.864. The number of fused-ring (bicyclic) bond motifs is 6. The van der Waals surface area contributed by atoms with Gasteiger partial charge in [0.2, 0.25) is 0 Å². The molecular formula is C27H20O2S2. The number of methoxy groups -OCH3 is 2. The van der Waals surface area contributed by atoms with E-state index in [0.717, 1.165) is 17.9 Å². The molecule has 0 fully saturated rings. The Hall–Kier alpha value is -3.08. The molecule has 31 heavy (non-hydrogen) atoms. The number of ether oxygens (including phenoxy) is 2.